The van der Waals surface area contributed by atoms with E-state index in [1.807, 2.05) is 17.8 Å². The summed E-state index contributed by atoms with van der Waals surface area (Å²) in [5.41, 5.74) is 2.47. The molecule has 3 aromatic heterocycles. The van der Waals surface area contributed by atoms with E-state index >= 15 is 0 Å². The normalized spacial score (nSPS) is 15.9. The zero-order chi connectivity index (χ0) is 16.0. The Hall–Kier alpha value is -2.18. The lowest BCUT2D eigenvalue weighted by Crippen LogP contribution is -2.47. The van der Waals surface area contributed by atoms with Gasteiger partial charge in [0.1, 0.15) is 5.65 Å². The summed E-state index contributed by atoms with van der Waals surface area (Å²) in [4.78, 5) is 19.0. The molecule has 0 N–H and O–H groups in total. The van der Waals surface area contributed by atoms with Gasteiger partial charge in [-0.15, -0.1) is 0 Å². The maximum absolute atomic E-state index is 12.2. The Morgan fingerprint density at radius 2 is 2.13 bits per heavy atom. The molecule has 0 atom stereocenters. The van der Waals surface area contributed by atoms with Crippen LogP contribution in [0.15, 0.2) is 41.6 Å². The molecule has 0 aliphatic carbocycles. The molecule has 7 heteroatoms. The third-order valence-corrected chi connectivity index (χ3v) is 4.33. The van der Waals surface area contributed by atoms with Crippen LogP contribution in [0.4, 0.5) is 0 Å². The first kappa shape index (κ1) is 14.4. The molecule has 3 aromatic rings. The number of halogens is 1. The molecule has 0 spiro atoms. The smallest absolute Gasteiger partial charge is 0.258 e. The van der Waals surface area contributed by atoms with Crippen LogP contribution in [0.1, 0.15) is 17.3 Å². The topological polar surface area (TPSA) is 55.4 Å². The second-order valence-electron chi connectivity index (χ2n) is 6.01. The van der Waals surface area contributed by atoms with Gasteiger partial charge in [0.15, 0.2) is 0 Å². The van der Waals surface area contributed by atoms with Gasteiger partial charge in [-0.05, 0) is 24.6 Å². The molecule has 6 nitrogen and oxygen atoms in total. The summed E-state index contributed by atoms with van der Waals surface area (Å²) in [6.45, 7) is 4.55. The minimum Gasteiger partial charge on any atom is -0.293 e. The number of aromatic nitrogens is 4. The minimum atomic E-state index is -0.104. The van der Waals surface area contributed by atoms with Crippen molar-refractivity contribution < 1.29 is 0 Å². The standard InChI is InChI=1S/C16H16ClN5O/c1-11-5-18-22(6-11)14-9-20(10-14)8-13-4-16(23)21-7-12(17)2-3-15(21)19-13/h2-7,14H,8-10H2,1H3. The molecule has 4 heterocycles. The van der Waals surface area contributed by atoms with Crippen molar-refractivity contribution in [2.45, 2.75) is 19.5 Å². The fourth-order valence-electron chi connectivity index (χ4n) is 2.91. The third-order valence-electron chi connectivity index (χ3n) is 4.10. The van der Waals surface area contributed by atoms with E-state index in [0.717, 1.165) is 18.8 Å². The summed E-state index contributed by atoms with van der Waals surface area (Å²) in [6.07, 6.45) is 5.53. The highest BCUT2D eigenvalue weighted by molar-refractivity contribution is 6.30. The third kappa shape index (κ3) is 2.75. The van der Waals surface area contributed by atoms with Gasteiger partial charge in [0, 0.05) is 38.1 Å². The summed E-state index contributed by atoms with van der Waals surface area (Å²) in [7, 11) is 0. The predicted octanol–water partition coefficient (Wildman–Crippen LogP) is 1.91. The van der Waals surface area contributed by atoms with Crippen LogP contribution in [0.2, 0.25) is 5.02 Å². The fourth-order valence-corrected chi connectivity index (χ4v) is 3.07. The number of aryl methyl sites for hydroxylation is 1. The highest BCUT2D eigenvalue weighted by Gasteiger charge is 2.28. The number of fused-ring (bicyclic) bond motifs is 1. The molecule has 0 bridgehead atoms. The van der Waals surface area contributed by atoms with Gasteiger partial charge < -0.3 is 0 Å². The fraction of sp³-hybridized carbons (Fsp3) is 0.312. The molecule has 118 valence electrons. The van der Waals surface area contributed by atoms with Crippen molar-refractivity contribution >= 4 is 17.2 Å². The maximum Gasteiger partial charge on any atom is 0.258 e. The summed E-state index contributed by atoms with van der Waals surface area (Å²) < 4.78 is 3.48. The number of rotatable bonds is 3. The second kappa shape index (κ2) is 5.47. The first-order valence-electron chi connectivity index (χ1n) is 7.49. The van der Waals surface area contributed by atoms with Crippen LogP contribution in [0.3, 0.4) is 0 Å². The van der Waals surface area contributed by atoms with E-state index in [1.165, 1.54) is 9.96 Å². The Labute approximate surface area is 137 Å². The number of nitrogens with zero attached hydrogens (tertiary/aromatic N) is 5. The van der Waals surface area contributed by atoms with E-state index in [4.69, 9.17) is 11.6 Å². The van der Waals surface area contributed by atoms with Gasteiger partial charge in [-0.25, -0.2) is 4.98 Å². The SMILES string of the molecule is Cc1cnn(C2CN(Cc3cc(=O)n4cc(Cl)ccc4n3)C2)c1. The van der Waals surface area contributed by atoms with E-state index in [-0.39, 0.29) is 5.56 Å². The predicted molar refractivity (Wildman–Crippen MR) is 87.8 cm³/mol. The van der Waals surface area contributed by atoms with Gasteiger partial charge in [0.05, 0.1) is 23.0 Å². The van der Waals surface area contributed by atoms with Crippen LogP contribution in [-0.4, -0.2) is 37.2 Å². The molecule has 0 unspecified atom stereocenters. The van der Waals surface area contributed by atoms with Crippen LogP contribution in [-0.2, 0) is 6.54 Å². The van der Waals surface area contributed by atoms with E-state index in [0.29, 0.717) is 23.3 Å². The average Bonchev–Trinajstić information content (AvgIpc) is 2.89. The van der Waals surface area contributed by atoms with Crippen LogP contribution in [0.25, 0.3) is 5.65 Å². The lowest BCUT2D eigenvalue weighted by Gasteiger charge is -2.38. The zero-order valence-corrected chi connectivity index (χ0v) is 13.4. The Morgan fingerprint density at radius 3 is 2.87 bits per heavy atom. The van der Waals surface area contributed by atoms with E-state index in [2.05, 4.69) is 21.2 Å². The molecular weight excluding hydrogens is 314 g/mol. The van der Waals surface area contributed by atoms with Gasteiger partial charge in [0.2, 0.25) is 0 Å². The van der Waals surface area contributed by atoms with Crippen molar-refractivity contribution in [2.24, 2.45) is 0 Å². The van der Waals surface area contributed by atoms with Gasteiger partial charge in [0.25, 0.3) is 5.56 Å². The van der Waals surface area contributed by atoms with Crippen LogP contribution >= 0.6 is 11.6 Å². The lowest BCUT2D eigenvalue weighted by atomic mass is 10.1. The van der Waals surface area contributed by atoms with Crippen molar-refractivity contribution in [2.75, 3.05) is 13.1 Å². The molecule has 1 aliphatic heterocycles. The van der Waals surface area contributed by atoms with Crippen LogP contribution < -0.4 is 5.56 Å². The number of hydrogen-bond donors (Lipinski definition) is 0. The monoisotopic (exact) mass is 329 g/mol. The van der Waals surface area contributed by atoms with Crippen molar-refractivity contribution in [3.63, 3.8) is 0 Å². The summed E-state index contributed by atoms with van der Waals surface area (Å²) in [5, 5.41) is 4.87. The Morgan fingerprint density at radius 1 is 1.30 bits per heavy atom. The first-order valence-corrected chi connectivity index (χ1v) is 7.87. The Balaban J connectivity index is 1.49. The first-order chi connectivity index (χ1) is 11.1. The summed E-state index contributed by atoms with van der Waals surface area (Å²) in [5.74, 6) is 0. The van der Waals surface area contributed by atoms with Gasteiger partial charge >= 0.3 is 0 Å². The quantitative estimate of drug-likeness (QED) is 0.736. The van der Waals surface area contributed by atoms with Crippen LogP contribution in [0, 0.1) is 6.92 Å². The summed E-state index contributed by atoms with van der Waals surface area (Å²) in [6, 6.07) is 5.49. The van der Waals surface area contributed by atoms with Crippen LogP contribution in [0.5, 0.6) is 0 Å². The zero-order valence-electron chi connectivity index (χ0n) is 12.7. The van der Waals surface area contributed by atoms with E-state index < -0.39 is 0 Å². The molecule has 0 saturated carbocycles. The largest absolute Gasteiger partial charge is 0.293 e. The highest BCUT2D eigenvalue weighted by atomic mass is 35.5. The molecule has 1 aliphatic rings. The molecule has 4 rings (SSSR count). The van der Waals surface area contributed by atoms with Crippen molar-refractivity contribution in [1.82, 2.24) is 24.1 Å². The van der Waals surface area contributed by atoms with Crippen molar-refractivity contribution in [3.8, 4) is 0 Å². The molecular formula is C16H16ClN5O. The lowest BCUT2D eigenvalue weighted by molar-refractivity contribution is 0.0895. The van der Waals surface area contributed by atoms with Gasteiger partial charge in [-0.1, -0.05) is 11.6 Å². The minimum absolute atomic E-state index is 0.104. The average molecular weight is 330 g/mol. The molecule has 1 saturated heterocycles. The van der Waals surface area contributed by atoms with E-state index in [9.17, 15) is 4.79 Å². The van der Waals surface area contributed by atoms with Crippen molar-refractivity contribution in [3.05, 3.63) is 63.4 Å². The van der Waals surface area contributed by atoms with Crippen molar-refractivity contribution in [1.29, 1.82) is 0 Å². The molecule has 0 amide bonds. The molecule has 0 radical (unpaired) electrons. The number of pyridine rings is 1. The Kier molecular flexibility index (Phi) is 3.43. The van der Waals surface area contributed by atoms with Gasteiger partial charge in [-0.3, -0.25) is 18.8 Å². The highest BCUT2D eigenvalue weighted by Crippen LogP contribution is 2.22. The molecule has 1 fully saturated rings. The van der Waals surface area contributed by atoms with Gasteiger partial charge in [-0.2, -0.15) is 5.10 Å². The maximum atomic E-state index is 12.2. The number of likely N-dealkylation sites (tertiary alicyclic amines) is 1. The molecule has 0 aromatic carbocycles. The summed E-state index contributed by atoms with van der Waals surface area (Å²) >= 11 is 5.92. The number of hydrogen-bond acceptors (Lipinski definition) is 4. The second-order valence-corrected chi connectivity index (χ2v) is 6.44. The Bertz CT molecular complexity index is 926. The molecule has 23 heavy (non-hydrogen) atoms. The van der Waals surface area contributed by atoms with E-state index in [1.54, 1.807) is 24.4 Å².